The fourth-order valence-electron chi connectivity index (χ4n) is 2.52. The molecule has 0 aliphatic rings. The molecule has 3 rings (SSSR count). The Labute approximate surface area is 143 Å². The molecule has 0 aliphatic carbocycles. The molecule has 1 aromatic heterocycles. The standard InChI is InChI=1S/C19H17FN2O3/c1-12(19(24)22-17-9-5-3-7-15(17)20)25-18(23)10-13-11-21-16-8-4-2-6-14(13)16/h2-9,11-12,21H,10H2,1H3,(H,22,24)/t12-/m0/s1. The smallest absolute Gasteiger partial charge is 0.311 e. The molecular formula is C19H17FN2O3. The number of amides is 1. The summed E-state index contributed by atoms with van der Waals surface area (Å²) in [7, 11) is 0. The third-order valence-electron chi connectivity index (χ3n) is 3.82. The van der Waals surface area contributed by atoms with Gasteiger partial charge in [0.1, 0.15) is 5.82 Å². The minimum absolute atomic E-state index is 0.0430. The van der Waals surface area contributed by atoms with Gasteiger partial charge in [0.05, 0.1) is 12.1 Å². The first-order chi connectivity index (χ1) is 12.0. The molecular weight excluding hydrogens is 323 g/mol. The first-order valence-corrected chi connectivity index (χ1v) is 7.84. The van der Waals surface area contributed by atoms with Gasteiger partial charge in [-0.2, -0.15) is 0 Å². The highest BCUT2D eigenvalue weighted by Crippen LogP contribution is 2.19. The Bertz CT molecular complexity index is 920. The number of aromatic amines is 1. The number of aromatic nitrogens is 1. The van der Waals surface area contributed by atoms with E-state index in [1.54, 1.807) is 12.3 Å². The van der Waals surface area contributed by atoms with Crippen LogP contribution >= 0.6 is 0 Å². The van der Waals surface area contributed by atoms with E-state index in [0.29, 0.717) is 0 Å². The second kappa shape index (κ2) is 7.17. The molecule has 25 heavy (non-hydrogen) atoms. The number of para-hydroxylation sites is 2. The molecule has 0 unspecified atom stereocenters. The quantitative estimate of drug-likeness (QED) is 0.699. The summed E-state index contributed by atoms with van der Waals surface area (Å²) in [6, 6.07) is 13.4. The van der Waals surface area contributed by atoms with E-state index >= 15 is 0 Å². The van der Waals surface area contributed by atoms with Gasteiger partial charge in [-0.1, -0.05) is 30.3 Å². The van der Waals surface area contributed by atoms with Crippen LogP contribution in [-0.2, 0) is 20.7 Å². The first kappa shape index (κ1) is 16.7. The van der Waals surface area contributed by atoms with E-state index in [1.807, 2.05) is 24.3 Å². The molecule has 1 amide bonds. The molecule has 1 heterocycles. The number of nitrogens with one attached hydrogen (secondary N) is 2. The van der Waals surface area contributed by atoms with Gasteiger partial charge in [0.25, 0.3) is 5.91 Å². The van der Waals surface area contributed by atoms with Crippen LogP contribution in [0.3, 0.4) is 0 Å². The van der Waals surface area contributed by atoms with Crippen LogP contribution in [0, 0.1) is 5.82 Å². The van der Waals surface area contributed by atoms with Crippen molar-refractivity contribution in [3.63, 3.8) is 0 Å². The van der Waals surface area contributed by atoms with Gasteiger partial charge in [0.15, 0.2) is 6.10 Å². The average molecular weight is 340 g/mol. The van der Waals surface area contributed by atoms with Gasteiger partial charge in [-0.25, -0.2) is 4.39 Å². The van der Waals surface area contributed by atoms with Crippen molar-refractivity contribution in [3.05, 3.63) is 66.1 Å². The lowest BCUT2D eigenvalue weighted by atomic mass is 10.1. The number of benzene rings is 2. The summed E-state index contributed by atoms with van der Waals surface area (Å²) >= 11 is 0. The minimum Gasteiger partial charge on any atom is -0.452 e. The molecule has 2 aromatic carbocycles. The zero-order valence-electron chi connectivity index (χ0n) is 13.6. The zero-order chi connectivity index (χ0) is 17.8. The molecule has 5 nitrogen and oxygen atoms in total. The molecule has 0 saturated carbocycles. The summed E-state index contributed by atoms with van der Waals surface area (Å²) in [6.45, 7) is 1.45. The van der Waals surface area contributed by atoms with Gasteiger partial charge in [-0.05, 0) is 30.7 Å². The molecule has 0 saturated heterocycles. The van der Waals surface area contributed by atoms with E-state index in [2.05, 4.69) is 10.3 Å². The topological polar surface area (TPSA) is 71.2 Å². The SMILES string of the molecule is C[C@H](OC(=O)Cc1c[nH]c2ccccc12)C(=O)Nc1ccccc1F. The van der Waals surface area contributed by atoms with E-state index in [0.717, 1.165) is 16.5 Å². The average Bonchev–Trinajstić information content (AvgIpc) is 3.00. The zero-order valence-corrected chi connectivity index (χ0v) is 13.6. The Balaban J connectivity index is 1.60. The Kier molecular flexibility index (Phi) is 4.79. The molecule has 128 valence electrons. The summed E-state index contributed by atoms with van der Waals surface area (Å²) in [5.41, 5.74) is 1.77. The van der Waals surface area contributed by atoms with Gasteiger partial charge >= 0.3 is 5.97 Å². The fourth-order valence-corrected chi connectivity index (χ4v) is 2.52. The Morgan fingerprint density at radius 1 is 1.16 bits per heavy atom. The number of H-pyrrole nitrogens is 1. The highest BCUT2D eigenvalue weighted by atomic mass is 19.1. The molecule has 0 spiro atoms. The molecule has 3 aromatic rings. The maximum absolute atomic E-state index is 13.6. The van der Waals surface area contributed by atoms with E-state index in [4.69, 9.17) is 4.74 Å². The summed E-state index contributed by atoms with van der Waals surface area (Å²) in [5, 5.41) is 3.34. The van der Waals surface area contributed by atoms with Crippen LogP contribution < -0.4 is 5.32 Å². The molecule has 1 atom stereocenters. The van der Waals surface area contributed by atoms with Crippen molar-refractivity contribution in [2.45, 2.75) is 19.4 Å². The summed E-state index contributed by atoms with van der Waals surface area (Å²) in [4.78, 5) is 27.2. The summed E-state index contributed by atoms with van der Waals surface area (Å²) < 4.78 is 18.7. The van der Waals surface area contributed by atoms with Crippen molar-refractivity contribution in [3.8, 4) is 0 Å². The maximum Gasteiger partial charge on any atom is 0.311 e. The number of hydrogen-bond donors (Lipinski definition) is 2. The Hall–Kier alpha value is -3.15. The number of fused-ring (bicyclic) bond motifs is 1. The number of carbonyl (C=O) groups excluding carboxylic acids is 2. The molecule has 6 heteroatoms. The van der Waals surface area contributed by atoms with Crippen LogP contribution in [0.4, 0.5) is 10.1 Å². The van der Waals surface area contributed by atoms with Crippen molar-refractivity contribution >= 4 is 28.5 Å². The molecule has 0 radical (unpaired) electrons. The minimum atomic E-state index is -1.03. The second-order valence-electron chi connectivity index (χ2n) is 5.64. The Morgan fingerprint density at radius 3 is 2.68 bits per heavy atom. The van der Waals surface area contributed by atoms with Gasteiger partial charge < -0.3 is 15.0 Å². The molecule has 0 aliphatic heterocycles. The van der Waals surface area contributed by atoms with Crippen molar-refractivity contribution in [1.29, 1.82) is 0 Å². The van der Waals surface area contributed by atoms with Gasteiger partial charge in [0, 0.05) is 17.1 Å². The van der Waals surface area contributed by atoms with Crippen LogP contribution in [0.15, 0.2) is 54.7 Å². The van der Waals surface area contributed by atoms with Crippen LogP contribution in [0.2, 0.25) is 0 Å². The number of esters is 1. The highest BCUT2D eigenvalue weighted by Gasteiger charge is 2.20. The second-order valence-corrected chi connectivity index (χ2v) is 5.64. The maximum atomic E-state index is 13.6. The molecule has 0 bridgehead atoms. The van der Waals surface area contributed by atoms with E-state index in [1.165, 1.54) is 25.1 Å². The van der Waals surface area contributed by atoms with Gasteiger partial charge in [0.2, 0.25) is 0 Å². The van der Waals surface area contributed by atoms with Crippen molar-refractivity contribution in [2.75, 3.05) is 5.32 Å². The largest absolute Gasteiger partial charge is 0.452 e. The summed E-state index contributed by atoms with van der Waals surface area (Å²) in [6.07, 6.45) is 0.759. The normalized spacial score (nSPS) is 11.9. The number of hydrogen-bond acceptors (Lipinski definition) is 3. The number of halogens is 1. The molecule has 0 fully saturated rings. The number of ether oxygens (including phenoxy) is 1. The lowest BCUT2D eigenvalue weighted by molar-refractivity contribution is -0.152. The summed E-state index contributed by atoms with van der Waals surface area (Å²) in [5.74, 6) is -1.66. The number of anilines is 1. The first-order valence-electron chi connectivity index (χ1n) is 7.84. The fraction of sp³-hybridized carbons (Fsp3) is 0.158. The van der Waals surface area contributed by atoms with E-state index in [-0.39, 0.29) is 12.1 Å². The van der Waals surface area contributed by atoms with E-state index in [9.17, 15) is 14.0 Å². The molecule has 2 N–H and O–H groups in total. The van der Waals surface area contributed by atoms with Crippen molar-refractivity contribution < 1.29 is 18.7 Å². The van der Waals surface area contributed by atoms with Crippen LogP contribution in [-0.4, -0.2) is 23.0 Å². The third kappa shape index (κ3) is 3.85. The number of carbonyl (C=O) groups is 2. The predicted octanol–water partition coefficient (Wildman–Crippen LogP) is 3.42. The number of rotatable bonds is 5. The van der Waals surface area contributed by atoms with Crippen molar-refractivity contribution in [2.24, 2.45) is 0 Å². The highest BCUT2D eigenvalue weighted by molar-refractivity contribution is 5.95. The lowest BCUT2D eigenvalue weighted by Crippen LogP contribution is -2.30. The van der Waals surface area contributed by atoms with Crippen molar-refractivity contribution in [1.82, 2.24) is 4.98 Å². The van der Waals surface area contributed by atoms with Crippen LogP contribution in [0.25, 0.3) is 10.9 Å². The van der Waals surface area contributed by atoms with Crippen LogP contribution in [0.5, 0.6) is 0 Å². The monoisotopic (exact) mass is 340 g/mol. The lowest BCUT2D eigenvalue weighted by Gasteiger charge is -2.13. The third-order valence-corrected chi connectivity index (χ3v) is 3.82. The van der Waals surface area contributed by atoms with Gasteiger partial charge in [-0.3, -0.25) is 9.59 Å². The Morgan fingerprint density at radius 2 is 1.88 bits per heavy atom. The predicted molar refractivity (Wildman–Crippen MR) is 92.6 cm³/mol. The van der Waals surface area contributed by atoms with E-state index < -0.39 is 23.8 Å². The van der Waals surface area contributed by atoms with Gasteiger partial charge in [-0.15, -0.1) is 0 Å². The van der Waals surface area contributed by atoms with Crippen LogP contribution in [0.1, 0.15) is 12.5 Å².